The van der Waals surface area contributed by atoms with Gasteiger partial charge in [0.1, 0.15) is 0 Å². The average molecular weight is 408 g/mol. The summed E-state index contributed by atoms with van der Waals surface area (Å²) >= 11 is 0. The first-order valence-corrected chi connectivity index (χ1v) is 11.2. The van der Waals surface area contributed by atoms with Gasteiger partial charge in [0.15, 0.2) is 0 Å². The van der Waals surface area contributed by atoms with E-state index in [4.69, 9.17) is 0 Å². The van der Waals surface area contributed by atoms with E-state index in [-0.39, 0.29) is 5.41 Å². The van der Waals surface area contributed by atoms with Crippen LogP contribution >= 0.6 is 0 Å². The summed E-state index contributed by atoms with van der Waals surface area (Å²) in [4.78, 5) is 0. The molecule has 0 radical (unpaired) electrons. The molecule has 5 rings (SSSR count). The molecule has 152 valence electrons. The molecule has 0 amide bonds. The summed E-state index contributed by atoms with van der Waals surface area (Å²) in [5, 5.41) is 0. The van der Waals surface area contributed by atoms with Crippen LogP contribution in [0, 0.1) is 0 Å². The first-order valence-electron chi connectivity index (χ1n) is 11.2. The molecule has 0 saturated heterocycles. The average Bonchev–Trinajstić information content (AvgIpc) is 3.17. The Labute approximate surface area is 191 Å². The van der Waals surface area contributed by atoms with E-state index in [0.29, 0.717) is 0 Å². The number of benzene rings is 4. The Hall–Kier alpha value is -3.71. The maximum atomic E-state index is 2.29. The van der Waals surface area contributed by atoms with Crippen LogP contribution in [0.3, 0.4) is 0 Å². The van der Waals surface area contributed by atoms with Gasteiger partial charge >= 0.3 is 192 Å². The summed E-state index contributed by atoms with van der Waals surface area (Å²) in [5.74, 6) is 2.15. The molecule has 0 N–H and O–H groups in total. The van der Waals surface area contributed by atoms with Crippen molar-refractivity contribution in [1.29, 1.82) is 0 Å². The third-order valence-electron chi connectivity index (χ3n) is 6.32. The summed E-state index contributed by atoms with van der Waals surface area (Å²) in [6.45, 7) is 4.17. The van der Waals surface area contributed by atoms with Crippen LogP contribution in [0.4, 0.5) is 0 Å². The first kappa shape index (κ1) is 20.2. The molecule has 0 nitrogen and oxygen atoms in total. The van der Waals surface area contributed by atoms with Crippen LogP contribution in [0.25, 0.3) is 17.2 Å². The second kappa shape index (κ2) is 8.81. The number of fused-ring (bicyclic) bond motifs is 3. The molecule has 1 aliphatic carbocycles. The van der Waals surface area contributed by atoms with E-state index in [1.54, 1.807) is 0 Å². The molecule has 0 aromatic heterocycles. The zero-order chi connectivity index (χ0) is 21.8. The Bertz CT molecular complexity index is 1270. The predicted molar refractivity (Wildman–Crippen MR) is 139 cm³/mol. The topological polar surface area (TPSA) is 0 Å². The van der Waals surface area contributed by atoms with Crippen molar-refractivity contribution in [2.24, 2.45) is 0 Å². The Morgan fingerprint density at radius 3 is 1.78 bits per heavy atom. The van der Waals surface area contributed by atoms with E-state index in [1.165, 1.54) is 39.0 Å². The van der Waals surface area contributed by atoms with E-state index < -0.39 is 0 Å². The van der Waals surface area contributed by atoms with Gasteiger partial charge in [-0.05, 0) is 0 Å². The normalized spacial score (nSPS) is 14.3. The molecular weight excluding hydrogens is 383 g/mol. The summed E-state index contributed by atoms with van der Waals surface area (Å²) in [5.41, 5.74) is 8.65. The zero-order valence-electron chi connectivity index (χ0n) is 18.3. The fraction of sp³-hybridized carbons (Fsp3) is 0.0645. The number of rotatable bonds is 5. The second-order valence-corrected chi connectivity index (χ2v) is 8.10. The Kier molecular flexibility index (Phi) is 5.56. The third kappa shape index (κ3) is 3.31. The van der Waals surface area contributed by atoms with Gasteiger partial charge in [-0.1, -0.05) is 0 Å². The standard InChI is InChI=1S/C31H25B/c1-32-23-22-26(21-20-24-12-4-2-5-13-24)31(25-14-6-3-7-15-25)29-18-10-8-16-27(29)28-17-9-11-19-30(28)31/h2-23H,1H3/b21-20-,26-22+. The summed E-state index contributed by atoms with van der Waals surface area (Å²) in [7, 11) is 0. The van der Waals surface area contributed by atoms with Crippen molar-refractivity contribution < 1.29 is 0 Å². The van der Waals surface area contributed by atoms with E-state index >= 15 is 0 Å². The van der Waals surface area contributed by atoms with Crippen LogP contribution in [0.5, 0.6) is 0 Å². The number of allylic oxidation sites excluding steroid dienone is 3. The molecule has 0 saturated carbocycles. The summed E-state index contributed by atoms with van der Waals surface area (Å²) in [6.07, 6.45) is 6.79. The Morgan fingerprint density at radius 1 is 0.656 bits per heavy atom. The molecule has 0 atom stereocenters. The van der Waals surface area contributed by atoms with Gasteiger partial charge < -0.3 is 0 Å². The second-order valence-electron chi connectivity index (χ2n) is 8.10. The van der Waals surface area contributed by atoms with Gasteiger partial charge in [0.25, 0.3) is 0 Å². The van der Waals surface area contributed by atoms with Crippen molar-refractivity contribution in [3.05, 3.63) is 149 Å². The predicted octanol–water partition coefficient (Wildman–Crippen LogP) is 7.20. The molecule has 1 heteroatoms. The molecule has 0 fully saturated rings. The van der Waals surface area contributed by atoms with Gasteiger partial charge in [0.05, 0.1) is 0 Å². The van der Waals surface area contributed by atoms with Gasteiger partial charge in [0.2, 0.25) is 0 Å². The molecule has 1 aliphatic rings. The molecular formula is C31H25B. The Morgan fingerprint density at radius 2 is 1.19 bits per heavy atom. The molecule has 4 aromatic rings. The van der Waals surface area contributed by atoms with Crippen LogP contribution in [-0.2, 0) is 5.41 Å². The van der Waals surface area contributed by atoms with Gasteiger partial charge in [0, 0.05) is 0 Å². The van der Waals surface area contributed by atoms with Crippen LogP contribution < -0.4 is 0 Å². The van der Waals surface area contributed by atoms with Gasteiger partial charge in [-0.15, -0.1) is 0 Å². The van der Waals surface area contributed by atoms with E-state index in [9.17, 15) is 0 Å². The molecule has 0 aliphatic heterocycles. The molecule has 4 aromatic carbocycles. The van der Waals surface area contributed by atoms with Crippen molar-refractivity contribution >= 4 is 19.0 Å². The third-order valence-corrected chi connectivity index (χ3v) is 6.32. The molecule has 0 heterocycles. The monoisotopic (exact) mass is 408 g/mol. The van der Waals surface area contributed by atoms with E-state index in [2.05, 4.69) is 147 Å². The molecule has 32 heavy (non-hydrogen) atoms. The van der Waals surface area contributed by atoms with Crippen molar-refractivity contribution in [3.63, 3.8) is 0 Å². The van der Waals surface area contributed by atoms with Crippen molar-refractivity contribution in [1.82, 2.24) is 0 Å². The fourth-order valence-corrected chi connectivity index (χ4v) is 4.97. The van der Waals surface area contributed by atoms with Crippen molar-refractivity contribution in [3.8, 4) is 11.1 Å². The van der Waals surface area contributed by atoms with Crippen LogP contribution in [0.2, 0.25) is 6.82 Å². The summed E-state index contributed by atoms with van der Waals surface area (Å²) < 4.78 is 0. The van der Waals surface area contributed by atoms with E-state index in [1.807, 2.05) is 0 Å². The van der Waals surface area contributed by atoms with Crippen molar-refractivity contribution in [2.45, 2.75) is 12.2 Å². The van der Waals surface area contributed by atoms with Crippen LogP contribution in [0.15, 0.2) is 127 Å². The van der Waals surface area contributed by atoms with Gasteiger partial charge in [-0.2, -0.15) is 0 Å². The minimum atomic E-state index is -0.376. The quantitative estimate of drug-likeness (QED) is 0.242. The fourth-order valence-electron chi connectivity index (χ4n) is 4.97. The first-order chi connectivity index (χ1) is 15.9. The minimum absolute atomic E-state index is 0.376. The molecule has 0 unspecified atom stereocenters. The summed E-state index contributed by atoms with van der Waals surface area (Å²) in [6, 6.07) is 39.2. The number of hydrogen-bond acceptors (Lipinski definition) is 0. The van der Waals surface area contributed by atoms with Gasteiger partial charge in [-0.25, -0.2) is 0 Å². The zero-order valence-corrected chi connectivity index (χ0v) is 18.3. The molecule has 0 bridgehead atoms. The van der Waals surface area contributed by atoms with Crippen LogP contribution in [-0.4, -0.2) is 12.9 Å². The maximum absolute atomic E-state index is 2.29. The number of hydrogen-bond donors (Lipinski definition) is 0. The van der Waals surface area contributed by atoms with Crippen molar-refractivity contribution in [2.75, 3.05) is 0 Å². The molecule has 0 spiro atoms. The van der Waals surface area contributed by atoms with Crippen LogP contribution in [0.1, 0.15) is 22.3 Å². The SMILES string of the molecule is CB=C/C=C(\C=C/c1ccccc1)C1(c2ccccc2)c2ccccc2-c2ccccc21. The Balaban J connectivity index is 1.85. The van der Waals surface area contributed by atoms with Gasteiger partial charge in [-0.3, -0.25) is 0 Å². The van der Waals surface area contributed by atoms with E-state index in [0.717, 1.165) is 0 Å².